The quantitative estimate of drug-likeness (QED) is 0.857. The summed E-state index contributed by atoms with van der Waals surface area (Å²) in [6.45, 7) is 5.55. The van der Waals surface area contributed by atoms with Gasteiger partial charge in [-0.2, -0.15) is 8.78 Å². The van der Waals surface area contributed by atoms with Crippen LogP contribution in [0.1, 0.15) is 43.5 Å². The van der Waals surface area contributed by atoms with Gasteiger partial charge >= 0.3 is 5.92 Å². The van der Waals surface area contributed by atoms with Gasteiger partial charge in [0.25, 0.3) is 0 Å². The molecule has 0 radical (unpaired) electrons. The second-order valence-electron chi connectivity index (χ2n) is 4.94. The second-order valence-corrected chi connectivity index (χ2v) is 4.94. The van der Waals surface area contributed by atoms with E-state index in [1.54, 1.807) is 26.0 Å². The van der Waals surface area contributed by atoms with Crippen molar-refractivity contribution in [3.05, 3.63) is 34.9 Å². The maximum atomic E-state index is 14.1. The van der Waals surface area contributed by atoms with Crippen LogP contribution in [0, 0.1) is 6.92 Å². The molecule has 0 saturated carbocycles. The van der Waals surface area contributed by atoms with E-state index < -0.39 is 11.5 Å². The Bertz CT molecular complexity index is 408. The molecule has 2 nitrogen and oxygen atoms in total. The molecule has 4 heteroatoms. The van der Waals surface area contributed by atoms with Gasteiger partial charge in [0.05, 0.1) is 0 Å². The molecule has 0 saturated heterocycles. The Balaban J connectivity index is 3.38. The number of benzene rings is 1. The normalized spacial score (nSPS) is 14.8. The molecule has 1 aromatic carbocycles. The highest BCUT2D eigenvalue weighted by molar-refractivity contribution is 5.39. The van der Waals surface area contributed by atoms with Crippen molar-refractivity contribution in [3.63, 3.8) is 0 Å². The van der Waals surface area contributed by atoms with Crippen LogP contribution in [0.2, 0.25) is 0 Å². The topological polar surface area (TPSA) is 46.2 Å². The summed E-state index contributed by atoms with van der Waals surface area (Å²) in [6.07, 6.45) is 0. The molecule has 0 amide bonds. The Labute approximate surface area is 100 Å². The molecule has 17 heavy (non-hydrogen) atoms. The minimum Gasteiger partial charge on any atom is -0.384 e. The Hall–Kier alpha value is -1.00. The summed E-state index contributed by atoms with van der Waals surface area (Å²) in [6, 6.07) is 4.29. The van der Waals surface area contributed by atoms with Gasteiger partial charge in [0, 0.05) is 11.6 Å². The summed E-state index contributed by atoms with van der Waals surface area (Å²) in [4.78, 5) is 0. The van der Waals surface area contributed by atoms with Crippen molar-refractivity contribution in [1.29, 1.82) is 0 Å². The average molecular weight is 243 g/mol. The van der Waals surface area contributed by atoms with Gasteiger partial charge in [-0.1, -0.05) is 18.2 Å². The first-order valence-corrected chi connectivity index (χ1v) is 5.54. The molecule has 1 unspecified atom stereocenters. The van der Waals surface area contributed by atoms with Crippen molar-refractivity contribution in [3.8, 4) is 0 Å². The maximum Gasteiger partial charge on any atom is 0.300 e. The summed E-state index contributed by atoms with van der Waals surface area (Å²) in [5.74, 6) is -3.30. The van der Waals surface area contributed by atoms with Crippen molar-refractivity contribution in [1.82, 2.24) is 0 Å². The lowest BCUT2D eigenvalue weighted by Crippen LogP contribution is -2.40. The van der Waals surface area contributed by atoms with Crippen LogP contribution in [0.15, 0.2) is 18.2 Å². The van der Waals surface area contributed by atoms with Crippen molar-refractivity contribution in [2.45, 2.75) is 45.3 Å². The SMILES string of the molecule is Cc1c(C(C)N)cccc1C(F)(F)C(C)(C)O. The van der Waals surface area contributed by atoms with Crippen molar-refractivity contribution < 1.29 is 13.9 Å². The minimum absolute atomic E-state index is 0.167. The van der Waals surface area contributed by atoms with Crippen molar-refractivity contribution >= 4 is 0 Å². The number of nitrogens with two attached hydrogens (primary N) is 1. The highest BCUT2D eigenvalue weighted by Gasteiger charge is 2.47. The van der Waals surface area contributed by atoms with E-state index in [4.69, 9.17) is 5.73 Å². The largest absolute Gasteiger partial charge is 0.384 e. The Morgan fingerprint density at radius 2 is 1.82 bits per heavy atom. The Morgan fingerprint density at radius 3 is 2.24 bits per heavy atom. The predicted octanol–water partition coefficient (Wildman–Crippen LogP) is 2.88. The molecule has 0 aromatic heterocycles. The minimum atomic E-state index is -3.30. The highest BCUT2D eigenvalue weighted by Crippen LogP contribution is 2.41. The number of hydrogen-bond donors (Lipinski definition) is 2. The van der Waals surface area contributed by atoms with Gasteiger partial charge in [-0.3, -0.25) is 0 Å². The van der Waals surface area contributed by atoms with Gasteiger partial charge in [-0.05, 0) is 38.8 Å². The van der Waals surface area contributed by atoms with E-state index in [0.717, 1.165) is 13.8 Å². The third-order valence-electron chi connectivity index (χ3n) is 2.97. The zero-order valence-corrected chi connectivity index (χ0v) is 10.6. The standard InChI is InChI=1S/C13H19F2NO/c1-8-10(9(2)16)6-5-7-11(8)13(14,15)12(3,4)17/h5-7,9,17H,16H2,1-4H3. The van der Waals surface area contributed by atoms with E-state index in [0.29, 0.717) is 11.1 Å². The van der Waals surface area contributed by atoms with E-state index in [-0.39, 0.29) is 11.6 Å². The molecular weight excluding hydrogens is 224 g/mol. The van der Waals surface area contributed by atoms with Crippen molar-refractivity contribution in [2.75, 3.05) is 0 Å². The molecule has 0 spiro atoms. The second kappa shape index (κ2) is 4.35. The first kappa shape index (κ1) is 14.1. The molecule has 1 atom stereocenters. The van der Waals surface area contributed by atoms with Gasteiger partial charge < -0.3 is 10.8 Å². The smallest absolute Gasteiger partial charge is 0.300 e. The zero-order valence-electron chi connectivity index (χ0n) is 10.6. The first-order valence-electron chi connectivity index (χ1n) is 5.54. The molecule has 0 aliphatic carbocycles. The van der Waals surface area contributed by atoms with Gasteiger partial charge in [0.1, 0.15) is 5.60 Å². The van der Waals surface area contributed by atoms with E-state index >= 15 is 0 Å². The average Bonchev–Trinajstić information content (AvgIpc) is 2.15. The summed E-state index contributed by atoms with van der Waals surface area (Å²) < 4.78 is 28.2. The van der Waals surface area contributed by atoms with Crippen molar-refractivity contribution in [2.24, 2.45) is 5.73 Å². The van der Waals surface area contributed by atoms with Crippen LogP contribution >= 0.6 is 0 Å². The maximum absolute atomic E-state index is 14.1. The highest BCUT2D eigenvalue weighted by atomic mass is 19.3. The monoisotopic (exact) mass is 243 g/mol. The van der Waals surface area contributed by atoms with Crippen LogP contribution in [0.5, 0.6) is 0 Å². The van der Waals surface area contributed by atoms with Crippen LogP contribution in [0.4, 0.5) is 8.78 Å². The summed E-state index contributed by atoms with van der Waals surface area (Å²) >= 11 is 0. The Morgan fingerprint density at radius 1 is 1.29 bits per heavy atom. The number of rotatable bonds is 3. The molecule has 0 aliphatic heterocycles. The fraction of sp³-hybridized carbons (Fsp3) is 0.538. The lowest BCUT2D eigenvalue weighted by molar-refractivity contribution is -0.168. The summed E-state index contributed by atoms with van der Waals surface area (Å²) in [7, 11) is 0. The Kier molecular flexibility index (Phi) is 3.60. The fourth-order valence-electron chi connectivity index (χ4n) is 1.82. The lowest BCUT2D eigenvalue weighted by atomic mass is 9.87. The van der Waals surface area contributed by atoms with Gasteiger partial charge in [-0.15, -0.1) is 0 Å². The molecule has 1 aromatic rings. The number of hydrogen-bond acceptors (Lipinski definition) is 2. The summed E-state index contributed by atoms with van der Waals surface area (Å²) in [5, 5.41) is 9.57. The molecule has 0 fully saturated rings. The number of halogens is 2. The van der Waals surface area contributed by atoms with Crippen LogP contribution in [0.25, 0.3) is 0 Å². The molecular formula is C13H19F2NO. The molecule has 1 rings (SSSR count). The third-order valence-corrected chi connectivity index (χ3v) is 2.97. The fourth-order valence-corrected chi connectivity index (χ4v) is 1.82. The lowest BCUT2D eigenvalue weighted by Gasteiger charge is -2.31. The molecule has 0 aliphatic rings. The van der Waals surface area contributed by atoms with E-state index in [1.807, 2.05) is 0 Å². The van der Waals surface area contributed by atoms with E-state index in [9.17, 15) is 13.9 Å². The zero-order chi connectivity index (χ0) is 13.4. The first-order chi connectivity index (χ1) is 7.59. The van der Waals surface area contributed by atoms with Gasteiger partial charge in [0.15, 0.2) is 0 Å². The van der Waals surface area contributed by atoms with Crippen LogP contribution in [-0.4, -0.2) is 10.7 Å². The molecule has 0 heterocycles. The number of alkyl halides is 2. The molecule has 96 valence electrons. The van der Waals surface area contributed by atoms with Crippen LogP contribution in [0.3, 0.4) is 0 Å². The van der Waals surface area contributed by atoms with E-state index in [2.05, 4.69) is 0 Å². The predicted molar refractivity (Wildman–Crippen MR) is 64.0 cm³/mol. The van der Waals surface area contributed by atoms with Crippen LogP contribution in [-0.2, 0) is 5.92 Å². The summed E-state index contributed by atoms with van der Waals surface area (Å²) in [5.41, 5.74) is 4.57. The molecule has 3 N–H and O–H groups in total. The van der Waals surface area contributed by atoms with Crippen LogP contribution < -0.4 is 5.73 Å². The molecule has 0 bridgehead atoms. The van der Waals surface area contributed by atoms with Gasteiger partial charge in [0.2, 0.25) is 0 Å². The number of aliphatic hydroxyl groups is 1. The van der Waals surface area contributed by atoms with Gasteiger partial charge in [-0.25, -0.2) is 0 Å². The van der Waals surface area contributed by atoms with E-state index in [1.165, 1.54) is 6.07 Å². The third kappa shape index (κ3) is 2.48.